The van der Waals surface area contributed by atoms with Gasteiger partial charge in [-0.05, 0) is 0 Å². The zero-order chi connectivity index (χ0) is 12.1. The Kier molecular flexibility index (Phi) is 5.26. The van der Waals surface area contributed by atoms with Crippen molar-refractivity contribution in [1.82, 2.24) is 0 Å². The maximum absolute atomic E-state index is 11.9. The van der Waals surface area contributed by atoms with E-state index in [1.54, 1.807) is 0 Å². The Morgan fingerprint density at radius 2 is 1.73 bits per heavy atom. The van der Waals surface area contributed by atoms with Gasteiger partial charge >= 0.3 is 94.2 Å². The summed E-state index contributed by atoms with van der Waals surface area (Å²) in [4.78, 5) is 11.9. The van der Waals surface area contributed by atoms with Gasteiger partial charge in [0.25, 0.3) is 0 Å². The molecule has 0 rings (SSSR count). The molecule has 0 aromatic carbocycles. The summed E-state index contributed by atoms with van der Waals surface area (Å²) in [6.07, 6.45) is 4.12. The SMILES string of the molecule is CCCCC(CC)C(=O)OP(C)(C)(C)C. The Hall–Kier alpha value is -0.100. The zero-order valence-electron chi connectivity index (χ0n) is 11.2. The fourth-order valence-electron chi connectivity index (χ4n) is 1.37. The van der Waals surface area contributed by atoms with Crippen LogP contribution in [-0.4, -0.2) is 32.6 Å². The number of carbonyl (C=O) groups is 1. The molecule has 0 amide bonds. The summed E-state index contributed by atoms with van der Waals surface area (Å²) in [5.41, 5.74) is 0. The summed E-state index contributed by atoms with van der Waals surface area (Å²) in [6.45, 7) is 10.3. The van der Waals surface area contributed by atoms with Crippen LogP contribution in [0.3, 0.4) is 0 Å². The Labute approximate surface area is 94.8 Å². The Balaban J connectivity index is 4.29. The summed E-state index contributed by atoms with van der Waals surface area (Å²) in [5, 5.41) is 0. The molecular formula is C12H27O2P. The monoisotopic (exact) mass is 234 g/mol. The van der Waals surface area contributed by atoms with Gasteiger partial charge in [0.1, 0.15) is 0 Å². The second-order valence-corrected chi connectivity index (χ2v) is 13.1. The molecule has 1 atom stereocenters. The normalized spacial score (nSPS) is 16.5. The van der Waals surface area contributed by atoms with E-state index in [1.165, 1.54) is 0 Å². The van der Waals surface area contributed by atoms with E-state index in [0.717, 1.165) is 25.7 Å². The molecule has 0 aliphatic heterocycles. The molecule has 0 aromatic heterocycles. The van der Waals surface area contributed by atoms with Gasteiger partial charge in [-0.25, -0.2) is 0 Å². The standard InChI is InChI=1S/C12H27O2P/c1-7-9-10-11(8-2)12(13)14-15(3,4,5)6/h11H,7-10H2,1-6H3. The Bertz CT molecular complexity index is 206. The minimum atomic E-state index is -2.15. The molecule has 2 nitrogen and oxygen atoms in total. The van der Waals surface area contributed by atoms with E-state index in [1.807, 2.05) is 0 Å². The first-order chi connectivity index (χ1) is 6.65. The quantitative estimate of drug-likeness (QED) is 0.654. The molecule has 0 saturated carbocycles. The molecule has 0 radical (unpaired) electrons. The minimum absolute atomic E-state index is 0.0126. The van der Waals surface area contributed by atoms with Crippen molar-refractivity contribution in [3.8, 4) is 0 Å². The van der Waals surface area contributed by atoms with Crippen molar-refractivity contribution < 1.29 is 9.32 Å². The summed E-state index contributed by atoms with van der Waals surface area (Å²) < 4.78 is 5.67. The molecule has 92 valence electrons. The molecule has 1 unspecified atom stereocenters. The Morgan fingerprint density at radius 3 is 2.07 bits per heavy atom. The van der Waals surface area contributed by atoms with Gasteiger partial charge in [0, 0.05) is 0 Å². The first-order valence-corrected chi connectivity index (χ1v) is 9.84. The van der Waals surface area contributed by atoms with Crippen molar-refractivity contribution >= 4 is 12.8 Å². The first-order valence-electron chi connectivity index (χ1n) is 5.90. The van der Waals surface area contributed by atoms with Gasteiger partial charge in [-0.3, -0.25) is 0 Å². The van der Waals surface area contributed by atoms with Crippen LogP contribution in [0.25, 0.3) is 0 Å². The van der Waals surface area contributed by atoms with Crippen LogP contribution in [0.15, 0.2) is 0 Å². The number of rotatable bonds is 6. The van der Waals surface area contributed by atoms with Gasteiger partial charge in [-0.15, -0.1) is 0 Å². The molecule has 0 aliphatic rings. The Morgan fingerprint density at radius 1 is 1.20 bits per heavy atom. The van der Waals surface area contributed by atoms with Gasteiger partial charge in [0.05, 0.1) is 0 Å². The van der Waals surface area contributed by atoms with E-state index >= 15 is 0 Å². The van der Waals surface area contributed by atoms with Crippen molar-refractivity contribution in [2.24, 2.45) is 5.92 Å². The zero-order valence-corrected chi connectivity index (χ0v) is 12.1. The molecule has 0 N–H and O–H groups in total. The fraction of sp³-hybridized carbons (Fsp3) is 0.917. The van der Waals surface area contributed by atoms with Crippen molar-refractivity contribution in [1.29, 1.82) is 0 Å². The molecule has 0 aliphatic carbocycles. The number of hydrogen-bond acceptors (Lipinski definition) is 2. The van der Waals surface area contributed by atoms with E-state index in [0.29, 0.717) is 0 Å². The van der Waals surface area contributed by atoms with Crippen LogP contribution < -0.4 is 0 Å². The maximum atomic E-state index is 11.9. The van der Waals surface area contributed by atoms with E-state index in [-0.39, 0.29) is 11.9 Å². The third-order valence-corrected chi connectivity index (χ3v) is 3.10. The van der Waals surface area contributed by atoms with Crippen molar-refractivity contribution in [3.05, 3.63) is 0 Å². The van der Waals surface area contributed by atoms with Crippen LogP contribution in [0.4, 0.5) is 0 Å². The van der Waals surface area contributed by atoms with Crippen LogP contribution in [0.1, 0.15) is 39.5 Å². The molecule has 0 heterocycles. The predicted molar refractivity (Wildman–Crippen MR) is 70.0 cm³/mol. The van der Waals surface area contributed by atoms with E-state index in [2.05, 4.69) is 40.5 Å². The van der Waals surface area contributed by atoms with Gasteiger partial charge in [0.15, 0.2) is 0 Å². The molecule has 15 heavy (non-hydrogen) atoms. The van der Waals surface area contributed by atoms with E-state index < -0.39 is 6.83 Å². The van der Waals surface area contributed by atoms with Crippen LogP contribution in [0.2, 0.25) is 0 Å². The molecule has 0 fully saturated rings. The van der Waals surface area contributed by atoms with Crippen LogP contribution >= 0.6 is 6.83 Å². The second kappa shape index (κ2) is 5.30. The first kappa shape index (κ1) is 14.9. The van der Waals surface area contributed by atoms with Crippen molar-refractivity contribution in [2.45, 2.75) is 39.5 Å². The van der Waals surface area contributed by atoms with Gasteiger partial charge in [-0.2, -0.15) is 0 Å². The predicted octanol–water partition coefficient (Wildman–Crippen LogP) is 3.73. The second-order valence-electron chi connectivity index (χ2n) is 6.07. The molecule has 0 aromatic rings. The average molecular weight is 234 g/mol. The molecule has 0 bridgehead atoms. The topological polar surface area (TPSA) is 26.3 Å². The van der Waals surface area contributed by atoms with Gasteiger partial charge in [-0.1, -0.05) is 0 Å². The number of carbonyl (C=O) groups excluding carboxylic acids is 1. The number of hydrogen-bond donors (Lipinski definition) is 0. The van der Waals surface area contributed by atoms with Crippen LogP contribution in [-0.2, 0) is 9.32 Å². The summed E-state index contributed by atoms with van der Waals surface area (Å²) >= 11 is 0. The molecule has 3 heteroatoms. The van der Waals surface area contributed by atoms with Crippen LogP contribution in [0.5, 0.6) is 0 Å². The molecular weight excluding hydrogens is 207 g/mol. The van der Waals surface area contributed by atoms with Crippen molar-refractivity contribution in [2.75, 3.05) is 26.7 Å². The van der Waals surface area contributed by atoms with Crippen LogP contribution in [0, 0.1) is 5.92 Å². The average Bonchev–Trinajstić information content (AvgIpc) is 2.01. The molecule has 0 spiro atoms. The molecule has 0 saturated heterocycles. The van der Waals surface area contributed by atoms with E-state index in [4.69, 9.17) is 4.52 Å². The number of unbranched alkanes of at least 4 members (excludes halogenated alkanes) is 1. The third-order valence-electron chi connectivity index (χ3n) is 2.19. The van der Waals surface area contributed by atoms with Gasteiger partial charge in [0.2, 0.25) is 0 Å². The van der Waals surface area contributed by atoms with Crippen molar-refractivity contribution in [3.63, 3.8) is 0 Å². The summed E-state index contributed by atoms with van der Waals surface area (Å²) in [6, 6.07) is 0. The third kappa shape index (κ3) is 7.79. The van der Waals surface area contributed by atoms with E-state index in [9.17, 15) is 4.79 Å². The van der Waals surface area contributed by atoms with Gasteiger partial charge < -0.3 is 0 Å². The summed E-state index contributed by atoms with van der Waals surface area (Å²) in [5.74, 6) is 0.116. The summed E-state index contributed by atoms with van der Waals surface area (Å²) in [7, 11) is 0. The fourth-order valence-corrected chi connectivity index (χ4v) is 2.24.